The maximum Gasteiger partial charge on any atom is 0.246 e. The van der Waals surface area contributed by atoms with Crippen LogP contribution in [-0.4, -0.2) is 30.9 Å². The van der Waals surface area contributed by atoms with E-state index in [2.05, 4.69) is 10.6 Å². The number of amides is 2. The number of nitrogens with one attached hydrogen (secondary N) is 2. The summed E-state index contributed by atoms with van der Waals surface area (Å²) >= 11 is 5.96. The summed E-state index contributed by atoms with van der Waals surface area (Å²) in [6, 6.07) is 5.53. The van der Waals surface area contributed by atoms with E-state index in [0.29, 0.717) is 10.7 Å². The zero-order valence-corrected chi connectivity index (χ0v) is 12.4. The predicted molar refractivity (Wildman–Crippen MR) is 82.7 cm³/mol. The van der Waals surface area contributed by atoms with Gasteiger partial charge in [0.15, 0.2) is 0 Å². The number of carbonyl (C=O) groups is 2. The van der Waals surface area contributed by atoms with Crippen LogP contribution in [0.1, 0.15) is 25.7 Å². The molecule has 1 aliphatic heterocycles. The zero-order valence-electron chi connectivity index (χ0n) is 11.7. The molecule has 112 valence electrons. The van der Waals surface area contributed by atoms with E-state index in [9.17, 15) is 9.59 Å². The van der Waals surface area contributed by atoms with Crippen molar-refractivity contribution in [3.8, 4) is 0 Å². The lowest BCUT2D eigenvalue weighted by Gasteiger charge is -2.30. The molecule has 2 aliphatic rings. The van der Waals surface area contributed by atoms with Crippen LogP contribution < -0.4 is 15.5 Å². The highest BCUT2D eigenvalue weighted by molar-refractivity contribution is 6.31. The fraction of sp³-hybridized carbons (Fsp3) is 0.467. The highest BCUT2D eigenvalue weighted by atomic mass is 35.5. The molecule has 6 heteroatoms. The van der Waals surface area contributed by atoms with Crippen molar-refractivity contribution in [2.75, 3.05) is 23.3 Å². The van der Waals surface area contributed by atoms with Gasteiger partial charge in [0.2, 0.25) is 11.8 Å². The Hall–Kier alpha value is -1.75. The van der Waals surface area contributed by atoms with Gasteiger partial charge in [0.05, 0.1) is 17.9 Å². The number of fused-ring (bicyclic) bond motifs is 1. The number of hydrogen-bond donors (Lipinski definition) is 2. The molecule has 0 bridgehead atoms. The summed E-state index contributed by atoms with van der Waals surface area (Å²) < 4.78 is 0. The molecular weight excluding hydrogens is 290 g/mol. The van der Waals surface area contributed by atoms with Gasteiger partial charge in [-0.25, -0.2) is 0 Å². The van der Waals surface area contributed by atoms with Crippen LogP contribution in [0.2, 0.25) is 5.02 Å². The molecule has 0 saturated heterocycles. The van der Waals surface area contributed by atoms with Crippen LogP contribution in [0, 0.1) is 0 Å². The van der Waals surface area contributed by atoms with Crippen molar-refractivity contribution in [3.05, 3.63) is 23.2 Å². The number of anilines is 2. The standard InChI is InChI=1S/C15H18ClN3O2/c16-10-5-6-13-12(7-10)17-8-15(21)19(13)9-14(20)18-11-3-1-2-4-11/h5-7,11,17H,1-4,8-9H2,(H,18,20). The van der Waals surface area contributed by atoms with E-state index in [1.54, 1.807) is 18.2 Å². The van der Waals surface area contributed by atoms with Crippen molar-refractivity contribution in [1.29, 1.82) is 0 Å². The lowest BCUT2D eigenvalue weighted by atomic mass is 10.2. The molecule has 0 aromatic heterocycles. The highest BCUT2D eigenvalue weighted by Crippen LogP contribution is 2.31. The second kappa shape index (κ2) is 5.93. The fourth-order valence-corrected chi connectivity index (χ4v) is 3.12. The first-order valence-electron chi connectivity index (χ1n) is 7.26. The maximum atomic E-state index is 12.1. The Kier molecular flexibility index (Phi) is 4.01. The Balaban J connectivity index is 1.72. The maximum absolute atomic E-state index is 12.1. The van der Waals surface area contributed by atoms with Crippen LogP contribution >= 0.6 is 11.6 Å². The topological polar surface area (TPSA) is 61.4 Å². The Bertz CT molecular complexity index is 570. The third kappa shape index (κ3) is 3.13. The van der Waals surface area contributed by atoms with Gasteiger partial charge >= 0.3 is 0 Å². The van der Waals surface area contributed by atoms with E-state index in [1.807, 2.05) is 0 Å². The number of halogens is 1. The second-order valence-electron chi connectivity index (χ2n) is 5.54. The molecule has 2 N–H and O–H groups in total. The Morgan fingerprint density at radius 3 is 2.90 bits per heavy atom. The van der Waals surface area contributed by atoms with Crippen LogP contribution in [0.3, 0.4) is 0 Å². The molecule has 0 spiro atoms. The largest absolute Gasteiger partial charge is 0.374 e. The van der Waals surface area contributed by atoms with Crippen LogP contribution in [0.4, 0.5) is 11.4 Å². The van der Waals surface area contributed by atoms with Crippen LogP contribution in [-0.2, 0) is 9.59 Å². The van der Waals surface area contributed by atoms with Crippen LogP contribution in [0.25, 0.3) is 0 Å². The van der Waals surface area contributed by atoms with E-state index < -0.39 is 0 Å². The van der Waals surface area contributed by atoms with Crippen LogP contribution in [0.15, 0.2) is 18.2 Å². The number of rotatable bonds is 3. The average Bonchev–Trinajstić information content (AvgIpc) is 2.95. The summed E-state index contributed by atoms with van der Waals surface area (Å²) in [6.45, 7) is 0.246. The zero-order chi connectivity index (χ0) is 14.8. The summed E-state index contributed by atoms with van der Waals surface area (Å²) in [5.41, 5.74) is 1.49. The van der Waals surface area contributed by atoms with Gasteiger partial charge in [-0.15, -0.1) is 0 Å². The Morgan fingerprint density at radius 2 is 2.14 bits per heavy atom. The summed E-state index contributed by atoms with van der Waals surface area (Å²) in [4.78, 5) is 25.7. The Morgan fingerprint density at radius 1 is 1.38 bits per heavy atom. The molecular formula is C15H18ClN3O2. The van der Waals surface area contributed by atoms with Gasteiger partial charge in [-0.2, -0.15) is 0 Å². The summed E-state index contributed by atoms with van der Waals surface area (Å²) in [5, 5.41) is 6.63. The van der Waals surface area contributed by atoms with E-state index in [1.165, 1.54) is 17.7 Å². The third-order valence-electron chi connectivity index (χ3n) is 4.00. The predicted octanol–water partition coefficient (Wildman–Crippen LogP) is 2.16. The molecule has 0 unspecified atom stereocenters. The van der Waals surface area contributed by atoms with Crippen molar-refractivity contribution in [1.82, 2.24) is 5.32 Å². The molecule has 1 aliphatic carbocycles. The second-order valence-corrected chi connectivity index (χ2v) is 5.98. The molecule has 0 atom stereocenters. The van der Waals surface area contributed by atoms with Gasteiger partial charge < -0.3 is 10.6 Å². The van der Waals surface area contributed by atoms with E-state index >= 15 is 0 Å². The van der Waals surface area contributed by atoms with Crippen molar-refractivity contribution < 1.29 is 9.59 Å². The molecule has 1 saturated carbocycles. The molecule has 3 rings (SSSR count). The molecule has 0 radical (unpaired) electrons. The molecule has 1 fully saturated rings. The monoisotopic (exact) mass is 307 g/mol. The smallest absolute Gasteiger partial charge is 0.246 e. The Labute approximate surface area is 128 Å². The lowest BCUT2D eigenvalue weighted by molar-refractivity contribution is -0.123. The quantitative estimate of drug-likeness (QED) is 0.899. The van der Waals surface area contributed by atoms with Gasteiger partial charge in [-0.05, 0) is 31.0 Å². The molecule has 21 heavy (non-hydrogen) atoms. The lowest BCUT2D eigenvalue weighted by Crippen LogP contribution is -2.47. The minimum absolute atomic E-state index is 0.0612. The molecule has 2 amide bonds. The van der Waals surface area contributed by atoms with Gasteiger partial charge in [0.25, 0.3) is 0 Å². The summed E-state index contributed by atoms with van der Waals surface area (Å²) in [6.07, 6.45) is 4.40. The first kappa shape index (κ1) is 14.2. The molecule has 1 heterocycles. The van der Waals surface area contributed by atoms with Crippen molar-refractivity contribution >= 4 is 34.8 Å². The summed E-state index contributed by atoms with van der Waals surface area (Å²) in [7, 11) is 0. The van der Waals surface area contributed by atoms with Crippen LogP contribution in [0.5, 0.6) is 0 Å². The number of nitrogens with zero attached hydrogens (tertiary/aromatic N) is 1. The third-order valence-corrected chi connectivity index (χ3v) is 4.24. The van der Waals surface area contributed by atoms with Gasteiger partial charge in [0.1, 0.15) is 6.54 Å². The fourth-order valence-electron chi connectivity index (χ4n) is 2.95. The minimum Gasteiger partial charge on any atom is -0.374 e. The van der Waals surface area contributed by atoms with E-state index in [0.717, 1.165) is 18.5 Å². The first-order valence-corrected chi connectivity index (χ1v) is 7.64. The normalized spacial score (nSPS) is 18.3. The van der Waals surface area contributed by atoms with E-state index in [-0.39, 0.29) is 30.9 Å². The highest BCUT2D eigenvalue weighted by Gasteiger charge is 2.27. The van der Waals surface area contributed by atoms with Gasteiger partial charge in [-0.1, -0.05) is 24.4 Å². The molecule has 1 aromatic carbocycles. The van der Waals surface area contributed by atoms with Gasteiger partial charge in [0, 0.05) is 11.1 Å². The van der Waals surface area contributed by atoms with Crippen molar-refractivity contribution in [2.24, 2.45) is 0 Å². The summed E-state index contributed by atoms with van der Waals surface area (Å²) in [5.74, 6) is -0.204. The molecule has 1 aromatic rings. The SMILES string of the molecule is O=C(CN1C(=O)CNc2cc(Cl)ccc21)NC1CCCC1. The van der Waals surface area contributed by atoms with Crippen molar-refractivity contribution in [2.45, 2.75) is 31.7 Å². The average molecular weight is 308 g/mol. The number of benzene rings is 1. The minimum atomic E-state index is -0.105. The first-order chi connectivity index (χ1) is 10.1. The van der Waals surface area contributed by atoms with Gasteiger partial charge in [-0.3, -0.25) is 14.5 Å². The number of hydrogen-bond acceptors (Lipinski definition) is 3. The van der Waals surface area contributed by atoms with E-state index in [4.69, 9.17) is 11.6 Å². The molecule has 5 nitrogen and oxygen atoms in total. The van der Waals surface area contributed by atoms with Crippen molar-refractivity contribution in [3.63, 3.8) is 0 Å². The number of carbonyl (C=O) groups excluding carboxylic acids is 2.